The molecule has 1 aromatic carbocycles. The Morgan fingerprint density at radius 2 is 2.04 bits per heavy atom. The number of nitrogens with zero attached hydrogens (tertiary/aromatic N) is 1. The van der Waals surface area contributed by atoms with Crippen LogP contribution in [-0.4, -0.2) is 28.9 Å². The van der Waals surface area contributed by atoms with Crippen molar-refractivity contribution in [1.29, 1.82) is 0 Å². The third-order valence-corrected chi connectivity index (χ3v) is 5.07. The largest absolute Gasteiger partial charge is 0.366 e. The molecule has 1 aliphatic carbocycles. The molecule has 1 aliphatic heterocycles. The predicted octanol–water partition coefficient (Wildman–Crippen LogP) is 3.11. The second kappa shape index (κ2) is 6.18. The highest BCUT2D eigenvalue weighted by Gasteiger charge is 2.42. The number of nitrogens with one attached hydrogen (secondary N) is 1. The number of halogens is 1. The molecular weight excluding hydrogens is 297 g/mol. The van der Waals surface area contributed by atoms with Crippen molar-refractivity contribution in [1.82, 2.24) is 4.90 Å². The minimum Gasteiger partial charge on any atom is -0.366 e. The topological polar surface area (TPSA) is 75.4 Å². The molecule has 3 N–H and O–H groups in total. The third kappa shape index (κ3) is 3.02. The molecule has 1 saturated heterocycles. The van der Waals surface area contributed by atoms with Crippen LogP contribution < -0.4 is 11.1 Å². The zero-order valence-electron chi connectivity index (χ0n) is 13.2. The fraction of sp³-hybridized carbons (Fsp3) is 0.529. The lowest BCUT2D eigenvalue weighted by molar-refractivity contribution is 0.1000. The number of amides is 3. The summed E-state index contributed by atoms with van der Waals surface area (Å²) in [5, 5.41) is 2.64. The second-order valence-electron chi connectivity index (χ2n) is 6.59. The number of hydrogen-bond acceptors (Lipinski definition) is 2. The van der Waals surface area contributed by atoms with Gasteiger partial charge in [0.25, 0.3) is 0 Å². The van der Waals surface area contributed by atoms with E-state index in [9.17, 15) is 14.0 Å². The van der Waals surface area contributed by atoms with Crippen LogP contribution in [0.3, 0.4) is 0 Å². The van der Waals surface area contributed by atoms with Crippen LogP contribution in [0.25, 0.3) is 0 Å². The molecule has 1 saturated carbocycles. The minimum atomic E-state index is -0.694. The van der Waals surface area contributed by atoms with Gasteiger partial charge in [-0.15, -0.1) is 0 Å². The van der Waals surface area contributed by atoms with Crippen molar-refractivity contribution in [2.45, 2.75) is 51.1 Å². The fourth-order valence-corrected chi connectivity index (χ4v) is 4.01. The fourth-order valence-electron chi connectivity index (χ4n) is 4.01. The lowest BCUT2D eigenvalue weighted by Crippen LogP contribution is -2.44. The second-order valence-corrected chi connectivity index (χ2v) is 6.59. The number of carbonyl (C=O) groups excluding carboxylic acids is 2. The lowest BCUT2D eigenvalue weighted by atomic mass is 9.85. The van der Waals surface area contributed by atoms with Gasteiger partial charge in [0.2, 0.25) is 5.91 Å². The Morgan fingerprint density at radius 3 is 2.74 bits per heavy atom. The van der Waals surface area contributed by atoms with Gasteiger partial charge in [-0.3, -0.25) is 4.79 Å². The average molecular weight is 319 g/mol. The monoisotopic (exact) mass is 319 g/mol. The van der Waals surface area contributed by atoms with Gasteiger partial charge in [-0.1, -0.05) is 12.8 Å². The van der Waals surface area contributed by atoms with Crippen LogP contribution >= 0.6 is 0 Å². The first kappa shape index (κ1) is 15.8. The van der Waals surface area contributed by atoms with E-state index in [1.807, 2.05) is 11.8 Å². The quantitative estimate of drug-likeness (QED) is 0.879. The van der Waals surface area contributed by atoms with Crippen molar-refractivity contribution in [3.63, 3.8) is 0 Å². The number of likely N-dealkylation sites (tertiary alicyclic amines) is 1. The molecule has 1 heterocycles. The first-order valence-corrected chi connectivity index (χ1v) is 8.16. The molecule has 3 atom stereocenters. The summed E-state index contributed by atoms with van der Waals surface area (Å²) in [7, 11) is 0. The maximum atomic E-state index is 14.0. The zero-order valence-corrected chi connectivity index (χ0v) is 13.2. The molecule has 3 amide bonds. The van der Waals surface area contributed by atoms with Crippen molar-refractivity contribution in [2.24, 2.45) is 11.7 Å². The van der Waals surface area contributed by atoms with E-state index < -0.39 is 11.7 Å². The summed E-state index contributed by atoms with van der Waals surface area (Å²) < 4.78 is 14.0. The normalized spacial score (nSPS) is 26.7. The molecular formula is C17H22FN3O2. The van der Waals surface area contributed by atoms with Gasteiger partial charge in [0.15, 0.2) is 0 Å². The van der Waals surface area contributed by atoms with Crippen molar-refractivity contribution in [2.75, 3.05) is 5.32 Å². The number of hydrogen-bond donors (Lipinski definition) is 2. The minimum absolute atomic E-state index is 0.0754. The molecule has 23 heavy (non-hydrogen) atoms. The summed E-state index contributed by atoms with van der Waals surface area (Å²) >= 11 is 0. The summed E-state index contributed by atoms with van der Waals surface area (Å²) in [6, 6.07) is 4.00. The van der Waals surface area contributed by atoms with Crippen LogP contribution in [0.5, 0.6) is 0 Å². The van der Waals surface area contributed by atoms with Crippen LogP contribution in [0, 0.1) is 11.7 Å². The smallest absolute Gasteiger partial charge is 0.322 e. The number of urea groups is 1. The van der Waals surface area contributed by atoms with E-state index in [2.05, 4.69) is 5.32 Å². The van der Waals surface area contributed by atoms with E-state index in [1.54, 1.807) is 0 Å². The van der Waals surface area contributed by atoms with Crippen LogP contribution in [-0.2, 0) is 0 Å². The van der Waals surface area contributed by atoms with Crippen LogP contribution in [0.4, 0.5) is 14.9 Å². The number of anilines is 1. The maximum Gasteiger partial charge on any atom is 0.322 e. The zero-order chi connectivity index (χ0) is 16.6. The van der Waals surface area contributed by atoms with Crippen LogP contribution in [0.15, 0.2) is 18.2 Å². The van der Waals surface area contributed by atoms with E-state index in [4.69, 9.17) is 5.73 Å². The number of fused-ring (bicyclic) bond motifs is 1. The third-order valence-electron chi connectivity index (χ3n) is 5.07. The number of nitrogens with two attached hydrogens (primary N) is 1. The molecule has 0 spiro atoms. The average Bonchev–Trinajstić information content (AvgIpc) is 2.84. The Balaban J connectivity index is 1.75. The maximum absolute atomic E-state index is 14.0. The highest BCUT2D eigenvalue weighted by Crippen LogP contribution is 2.39. The molecule has 0 aromatic heterocycles. The summed E-state index contributed by atoms with van der Waals surface area (Å²) in [6.45, 7) is 2.05. The highest BCUT2D eigenvalue weighted by atomic mass is 19.1. The van der Waals surface area contributed by atoms with Gasteiger partial charge in [-0.25, -0.2) is 9.18 Å². The molecule has 2 aliphatic rings. The Bertz CT molecular complexity index is 634. The van der Waals surface area contributed by atoms with E-state index in [1.165, 1.54) is 25.0 Å². The van der Waals surface area contributed by atoms with Crippen molar-refractivity contribution in [3.8, 4) is 0 Å². The Kier molecular flexibility index (Phi) is 4.24. The molecule has 0 unspecified atom stereocenters. The Hall–Kier alpha value is -2.11. The van der Waals surface area contributed by atoms with Gasteiger partial charge in [-0.05, 0) is 50.3 Å². The van der Waals surface area contributed by atoms with Crippen molar-refractivity contribution >= 4 is 17.6 Å². The van der Waals surface area contributed by atoms with E-state index >= 15 is 0 Å². The number of primary amides is 1. The summed E-state index contributed by atoms with van der Waals surface area (Å²) in [4.78, 5) is 25.5. The predicted molar refractivity (Wildman–Crippen MR) is 85.6 cm³/mol. The van der Waals surface area contributed by atoms with E-state index in [0.717, 1.165) is 25.3 Å². The number of rotatable bonds is 2. The van der Waals surface area contributed by atoms with Crippen molar-refractivity contribution in [3.05, 3.63) is 29.6 Å². The molecule has 124 valence electrons. The summed E-state index contributed by atoms with van der Waals surface area (Å²) in [6.07, 6.45) is 5.57. The van der Waals surface area contributed by atoms with E-state index in [-0.39, 0.29) is 29.4 Å². The van der Waals surface area contributed by atoms with Gasteiger partial charge < -0.3 is 16.0 Å². The Morgan fingerprint density at radius 1 is 1.30 bits per heavy atom. The summed E-state index contributed by atoms with van der Waals surface area (Å²) in [5.41, 5.74) is 5.28. The van der Waals surface area contributed by atoms with Gasteiger partial charge in [0.1, 0.15) is 5.82 Å². The molecule has 6 heteroatoms. The first-order valence-electron chi connectivity index (χ1n) is 8.16. The molecule has 3 rings (SSSR count). The van der Waals surface area contributed by atoms with Crippen LogP contribution in [0.1, 0.15) is 49.4 Å². The van der Waals surface area contributed by atoms with Gasteiger partial charge >= 0.3 is 6.03 Å². The molecule has 0 bridgehead atoms. The number of carbonyl (C=O) groups is 2. The Labute approximate surface area is 135 Å². The van der Waals surface area contributed by atoms with Gasteiger partial charge in [0.05, 0.1) is 5.69 Å². The number of benzene rings is 1. The van der Waals surface area contributed by atoms with Crippen LogP contribution in [0.2, 0.25) is 0 Å². The summed E-state index contributed by atoms with van der Waals surface area (Å²) in [5.74, 6) is -0.784. The molecule has 2 fully saturated rings. The SMILES string of the molecule is C[C@@H]1C[C@H]2CCCC[C@H]2N1C(=O)Nc1ccc(C(N)=O)cc1F. The standard InChI is InChI=1S/C17H22FN3O2/c1-10-8-11-4-2-3-5-15(11)21(10)17(23)20-14-7-6-12(16(19)22)9-13(14)18/h6-7,9-11,15H,2-5,8H2,1H3,(H2,19,22)(H,20,23)/t10-,11-,15-/m1/s1. The van der Waals surface area contributed by atoms with Gasteiger partial charge in [0, 0.05) is 17.6 Å². The molecule has 1 aromatic rings. The van der Waals surface area contributed by atoms with Gasteiger partial charge in [-0.2, -0.15) is 0 Å². The highest BCUT2D eigenvalue weighted by molar-refractivity contribution is 5.94. The first-order chi connectivity index (χ1) is 11.0. The molecule has 0 radical (unpaired) electrons. The molecule has 5 nitrogen and oxygen atoms in total. The lowest BCUT2D eigenvalue weighted by Gasteiger charge is -2.33. The van der Waals surface area contributed by atoms with E-state index in [0.29, 0.717) is 5.92 Å². The van der Waals surface area contributed by atoms with Crippen molar-refractivity contribution < 1.29 is 14.0 Å².